The predicted octanol–water partition coefficient (Wildman–Crippen LogP) is 0.994. The molecule has 1 aliphatic rings. The zero-order valence-electron chi connectivity index (χ0n) is 15.5. The van der Waals surface area contributed by atoms with Crippen LogP contribution in [-0.4, -0.2) is 73.1 Å². The molecule has 1 saturated heterocycles. The molecule has 1 atom stereocenters. The van der Waals surface area contributed by atoms with E-state index in [1.54, 1.807) is 0 Å². The van der Waals surface area contributed by atoms with Crippen LogP contribution in [0, 0.1) is 0 Å². The van der Waals surface area contributed by atoms with Gasteiger partial charge >= 0.3 is 13.8 Å². The van der Waals surface area contributed by atoms with E-state index in [2.05, 4.69) is 0 Å². The van der Waals surface area contributed by atoms with Crippen LogP contribution in [0.25, 0.3) is 0 Å². The van der Waals surface area contributed by atoms with Gasteiger partial charge in [-0.05, 0) is 12.8 Å². The third-order valence-electron chi connectivity index (χ3n) is 3.50. The molecule has 1 N–H and O–H groups in total. The maximum atomic E-state index is 11.7. The number of unbranched alkanes of at least 4 members (excludes halogenated alkanes) is 2. The van der Waals surface area contributed by atoms with Gasteiger partial charge in [0.1, 0.15) is 13.2 Å². The number of phosphoric ester groups is 1. The Labute approximate surface area is 153 Å². The molecule has 0 spiro atoms. The summed E-state index contributed by atoms with van der Waals surface area (Å²) in [6.45, 7) is 0.700. The van der Waals surface area contributed by atoms with Gasteiger partial charge < -0.3 is 14.2 Å². The minimum Gasteiger partial charge on any atom is -0.330 e. The van der Waals surface area contributed by atoms with Crippen LogP contribution in [0.2, 0.25) is 0 Å². The highest BCUT2D eigenvalue weighted by molar-refractivity contribution is 7.47. The summed E-state index contributed by atoms with van der Waals surface area (Å²) in [5.74, 6) is -1.69. The summed E-state index contributed by atoms with van der Waals surface area (Å²) in [6.07, 6.45) is 1.60. The quantitative estimate of drug-likeness (QED) is 0.225. The van der Waals surface area contributed by atoms with E-state index < -0.39 is 25.6 Å². The Bertz CT molecular complexity index is 544. The predicted molar refractivity (Wildman–Crippen MR) is 90.3 cm³/mol. The Morgan fingerprint density at radius 1 is 1.08 bits per heavy atom. The third kappa shape index (κ3) is 9.40. The van der Waals surface area contributed by atoms with Crippen molar-refractivity contribution in [2.45, 2.75) is 38.5 Å². The number of likely N-dealkylation sites (N-methyl/N-ethyl adjacent to an activating group) is 1. The number of quaternary nitrogens is 1. The van der Waals surface area contributed by atoms with Crippen molar-refractivity contribution in [1.29, 1.82) is 0 Å². The van der Waals surface area contributed by atoms with E-state index in [4.69, 9.17) is 13.9 Å². The Hall–Kier alpha value is -1.32. The van der Waals surface area contributed by atoms with Crippen molar-refractivity contribution < 1.29 is 42.2 Å². The minimum atomic E-state index is -4.06. The highest BCUT2D eigenvalue weighted by atomic mass is 31.2. The zero-order chi connectivity index (χ0) is 19.8. The fraction of sp³-hybridized carbons (Fsp3) is 0.800. The number of amides is 2. The fourth-order valence-corrected chi connectivity index (χ4v) is 2.75. The molecule has 0 aromatic rings. The fourth-order valence-electron chi connectivity index (χ4n) is 2.00. The smallest absolute Gasteiger partial charge is 0.330 e. The van der Waals surface area contributed by atoms with Crippen molar-refractivity contribution in [3.05, 3.63) is 0 Å². The van der Waals surface area contributed by atoms with Gasteiger partial charge in [0.25, 0.3) is 11.8 Å². The van der Waals surface area contributed by atoms with Gasteiger partial charge in [-0.3, -0.25) is 18.6 Å². The highest BCUT2D eigenvalue weighted by Crippen LogP contribution is 2.43. The summed E-state index contributed by atoms with van der Waals surface area (Å²) in [4.78, 5) is 48.4. The SMILES string of the molecule is C[N+](C)(C)CCOP(=O)(O)OCCCCCC(=O)ON1C(=O)CCC1=O. The summed E-state index contributed by atoms with van der Waals surface area (Å²) >= 11 is 0. The highest BCUT2D eigenvalue weighted by Gasteiger charge is 2.32. The molecule has 0 aromatic heterocycles. The Balaban J connectivity index is 2.09. The average molecular weight is 395 g/mol. The number of nitrogens with zero attached hydrogens (tertiary/aromatic N) is 2. The molecule has 10 nitrogen and oxygen atoms in total. The lowest BCUT2D eigenvalue weighted by Gasteiger charge is -2.24. The topological polar surface area (TPSA) is 119 Å². The number of rotatable bonds is 12. The molecule has 0 saturated carbocycles. The first kappa shape index (κ1) is 22.7. The lowest BCUT2D eigenvalue weighted by molar-refractivity contribution is -0.870. The summed E-state index contributed by atoms with van der Waals surface area (Å²) in [7, 11) is 1.75. The number of carbonyl (C=O) groups is 3. The molecule has 0 aliphatic carbocycles. The van der Waals surface area contributed by atoms with E-state index in [1.807, 2.05) is 21.1 Å². The average Bonchev–Trinajstić information content (AvgIpc) is 2.81. The maximum absolute atomic E-state index is 11.7. The van der Waals surface area contributed by atoms with Gasteiger partial charge in [0.15, 0.2) is 0 Å². The van der Waals surface area contributed by atoms with Crippen LogP contribution in [0.1, 0.15) is 38.5 Å². The van der Waals surface area contributed by atoms with Crippen molar-refractivity contribution >= 4 is 25.6 Å². The molecule has 1 fully saturated rings. The second-order valence-electron chi connectivity index (χ2n) is 7.00. The van der Waals surface area contributed by atoms with Crippen LogP contribution in [0.3, 0.4) is 0 Å². The van der Waals surface area contributed by atoms with Crippen LogP contribution < -0.4 is 0 Å². The van der Waals surface area contributed by atoms with Crippen LogP contribution in [0.4, 0.5) is 0 Å². The lowest BCUT2D eigenvalue weighted by Crippen LogP contribution is -2.37. The molecule has 150 valence electrons. The van der Waals surface area contributed by atoms with Gasteiger partial charge in [0, 0.05) is 19.3 Å². The van der Waals surface area contributed by atoms with Crippen molar-refractivity contribution in [2.75, 3.05) is 40.9 Å². The van der Waals surface area contributed by atoms with Crippen molar-refractivity contribution in [2.24, 2.45) is 0 Å². The summed E-state index contributed by atoms with van der Waals surface area (Å²) < 4.78 is 22.0. The Kier molecular flexibility index (Phi) is 8.85. The molecule has 1 heterocycles. The Morgan fingerprint density at radius 3 is 2.23 bits per heavy atom. The monoisotopic (exact) mass is 395 g/mol. The van der Waals surface area contributed by atoms with Crippen LogP contribution >= 0.6 is 7.82 Å². The normalized spacial score (nSPS) is 17.5. The van der Waals surface area contributed by atoms with E-state index in [9.17, 15) is 23.8 Å². The molecule has 0 radical (unpaired) electrons. The molecular weight excluding hydrogens is 367 g/mol. The van der Waals surface area contributed by atoms with Gasteiger partial charge in [-0.2, -0.15) is 0 Å². The third-order valence-corrected chi connectivity index (χ3v) is 4.51. The largest absolute Gasteiger partial charge is 0.472 e. The summed E-state index contributed by atoms with van der Waals surface area (Å²) in [5.41, 5.74) is 0. The first-order chi connectivity index (χ1) is 12.0. The Morgan fingerprint density at radius 2 is 1.65 bits per heavy atom. The number of phosphoric acid groups is 1. The van der Waals surface area contributed by atoms with E-state index in [0.29, 0.717) is 35.4 Å². The van der Waals surface area contributed by atoms with Gasteiger partial charge in [-0.1, -0.05) is 6.42 Å². The lowest BCUT2D eigenvalue weighted by atomic mass is 10.2. The van der Waals surface area contributed by atoms with E-state index >= 15 is 0 Å². The second kappa shape index (κ2) is 10.1. The number of hydroxylamine groups is 2. The zero-order valence-corrected chi connectivity index (χ0v) is 16.4. The van der Waals surface area contributed by atoms with Gasteiger partial charge in [-0.25, -0.2) is 9.36 Å². The van der Waals surface area contributed by atoms with Gasteiger partial charge in [0.05, 0.1) is 27.7 Å². The van der Waals surface area contributed by atoms with E-state index in [1.165, 1.54) is 0 Å². The van der Waals surface area contributed by atoms with Gasteiger partial charge in [0.2, 0.25) is 0 Å². The first-order valence-electron chi connectivity index (χ1n) is 8.49. The molecule has 2 amide bonds. The second-order valence-corrected chi connectivity index (χ2v) is 8.46. The summed E-state index contributed by atoms with van der Waals surface area (Å²) in [6, 6.07) is 0. The standard InChI is InChI=1S/C15H27N2O8P/c1-17(2,3)10-12-24-26(21,22)23-11-6-4-5-7-15(20)25-16-13(18)8-9-14(16)19/h4-12H2,1-3H3/p+1. The van der Waals surface area contributed by atoms with Gasteiger partial charge in [-0.15, -0.1) is 5.06 Å². The molecule has 1 unspecified atom stereocenters. The van der Waals surface area contributed by atoms with Crippen molar-refractivity contribution in [1.82, 2.24) is 5.06 Å². The molecule has 0 bridgehead atoms. The van der Waals surface area contributed by atoms with E-state index in [0.717, 1.165) is 0 Å². The minimum absolute atomic E-state index is 0.0241. The summed E-state index contributed by atoms with van der Waals surface area (Å²) in [5, 5.41) is 0.515. The number of carbonyl (C=O) groups excluding carboxylic acids is 3. The van der Waals surface area contributed by atoms with Crippen LogP contribution in [-0.2, 0) is 32.8 Å². The van der Waals surface area contributed by atoms with E-state index in [-0.39, 0.29) is 32.5 Å². The number of hydrogen-bond donors (Lipinski definition) is 1. The number of hydrogen-bond acceptors (Lipinski definition) is 7. The molecular formula is C15H28N2O8P+. The van der Waals surface area contributed by atoms with Crippen molar-refractivity contribution in [3.63, 3.8) is 0 Å². The molecule has 1 rings (SSSR count). The maximum Gasteiger partial charge on any atom is 0.472 e. The molecule has 1 aliphatic heterocycles. The molecule has 26 heavy (non-hydrogen) atoms. The molecule has 0 aromatic carbocycles. The number of imide groups is 1. The van der Waals surface area contributed by atoms with Crippen molar-refractivity contribution in [3.8, 4) is 0 Å². The molecule has 11 heteroatoms. The van der Waals surface area contributed by atoms with Crippen LogP contribution in [0.15, 0.2) is 0 Å². The first-order valence-corrected chi connectivity index (χ1v) is 9.99. The van der Waals surface area contributed by atoms with Crippen LogP contribution in [0.5, 0.6) is 0 Å².